The lowest BCUT2D eigenvalue weighted by Gasteiger charge is -2.27. The average molecular weight is 550 g/mol. The number of carbonyl (C=O) groups is 5. The number of rotatable bonds is 15. The van der Waals surface area contributed by atoms with Gasteiger partial charge in [-0.05, 0) is 24.0 Å². The summed E-state index contributed by atoms with van der Waals surface area (Å²) in [4.78, 5) is 64.2. The van der Waals surface area contributed by atoms with Crippen LogP contribution < -0.4 is 21.7 Å². The van der Waals surface area contributed by atoms with Gasteiger partial charge in [0, 0.05) is 35.7 Å². The van der Waals surface area contributed by atoms with E-state index in [2.05, 4.69) is 33.6 Å². The van der Waals surface area contributed by atoms with Crippen LogP contribution in [0.25, 0.3) is 10.9 Å². The van der Waals surface area contributed by atoms with Gasteiger partial charge in [-0.15, -0.1) is 0 Å². The molecule has 5 atom stereocenters. The third-order valence-corrected chi connectivity index (χ3v) is 6.69. The molecule has 38 heavy (non-hydrogen) atoms. The number of aromatic amines is 1. The summed E-state index contributed by atoms with van der Waals surface area (Å²) in [5, 5.41) is 26.9. The number of benzene rings is 1. The van der Waals surface area contributed by atoms with Crippen LogP contribution in [-0.2, 0) is 30.4 Å². The molecular formula is C25H35N5O7S. The fourth-order valence-corrected chi connectivity index (χ4v) is 4.08. The van der Waals surface area contributed by atoms with Gasteiger partial charge >= 0.3 is 11.9 Å². The minimum atomic E-state index is -1.27. The maximum Gasteiger partial charge on any atom is 0.326 e. The number of carboxylic acids is 2. The van der Waals surface area contributed by atoms with E-state index in [0.29, 0.717) is 12.0 Å². The monoisotopic (exact) mass is 549 g/mol. The van der Waals surface area contributed by atoms with E-state index in [1.165, 1.54) is 0 Å². The minimum Gasteiger partial charge on any atom is -0.481 e. The summed E-state index contributed by atoms with van der Waals surface area (Å²) < 4.78 is 0. The molecule has 3 amide bonds. The molecule has 13 heteroatoms. The maximum absolute atomic E-state index is 13.1. The predicted molar refractivity (Wildman–Crippen MR) is 144 cm³/mol. The summed E-state index contributed by atoms with van der Waals surface area (Å²) in [6.07, 6.45) is 1.79. The first-order valence-electron chi connectivity index (χ1n) is 12.3. The molecule has 0 saturated carbocycles. The molecule has 1 heterocycles. The summed E-state index contributed by atoms with van der Waals surface area (Å²) in [7, 11) is 0. The van der Waals surface area contributed by atoms with Crippen molar-refractivity contribution in [2.75, 3.05) is 5.75 Å². The molecule has 5 unspecified atom stereocenters. The van der Waals surface area contributed by atoms with Crippen LogP contribution in [0.4, 0.5) is 0 Å². The van der Waals surface area contributed by atoms with Crippen LogP contribution in [0.15, 0.2) is 30.5 Å². The molecule has 2 aromatic rings. The molecule has 0 aliphatic rings. The van der Waals surface area contributed by atoms with E-state index in [9.17, 15) is 29.1 Å². The normalized spacial score (nSPS) is 15.1. The number of aromatic nitrogens is 1. The second-order valence-corrected chi connectivity index (χ2v) is 9.48. The highest BCUT2D eigenvalue weighted by Crippen LogP contribution is 2.19. The van der Waals surface area contributed by atoms with Gasteiger partial charge < -0.3 is 36.9 Å². The topological polar surface area (TPSA) is 204 Å². The van der Waals surface area contributed by atoms with E-state index in [1.54, 1.807) is 13.1 Å². The minimum absolute atomic E-state index is 0.0120. The Labute approximate surface area is 225 Å². The van der Waals surface area contributed by atoms with Crippen molar-refractivity contribution in [1.29, 1.82) is 0 Å². The number of nitrogens with two attached hydrogens (primary N) is 1. The Morgan fingerprint density at radius 3 is 2.26 bits per heavy atom. The van der Waals surface area contributed by atoms with Crippen LogP contribution in [0, 0.1) is 5.92 Å². The van der Waals surface area contributed by atoms with Crippen molar-refractivity contribution in [1.82, 2.24) is 20.9 Å². The number of fused-ring (bicyclic) bond motifs is 1. The number of H-pyrrole nitrogens is 1. The number of nitrogens with one attached hydrogen (secondary N) is 4. The van der Waals surface area contributed by atoms with Crippen LogP contribution in [0.5, 0.6) is 0 Å². The predicted octanol–water partition coefficient (Wildman–Crippen LogP) is 0.417. The number of aliphatic carboxylic acids is 2. The average Bonchev–Trinajstić information content (AvgIpc) is 3.30. The molecular weight excluding hydrogens is 514 g/mol. The zero-order valence-electron chi connectivity index (χ0n) is 21.3. The van der Waals surface area contributed by atoms with Crippen molar-refractivity contribution in [3.05, 3.63) is 36.0 Å². The summed E-state index contributed by atoms with van der Waals surface area (Å²) in [6, 6.07) is 2.73. The Bertz CT molecular complexity index is 1150. The van der Waals surface area contributed by atoms with Crippen LogP contribution in [0.1, 0.15) is 38.7 Å². The van der Waals surface area contributed by atoms with Crippen molar-refractivity contribution < 1.29 is 34.2 Å². The van der Waals surface area contributed by atoms with Crippen LogP contribution in [0.3, 0.4) is 0 Å². The largest absolute Gasteiger partial charge is 0.481 e. The van der Waals surface area contributed by atoms with Gasteiger partial charge in [0.25, 0.3) is 0 Å². The zero-order chi connectivity index (χ0) is 28.4. The Morgan fingerprint density at radius 2 is 1.66 bits per heavy atom. The van der Waals surface area contributed by atoms with E-state index >= 15 is 0 Å². The van der Waals surface area contributed by atoms with Gasteiger partial charge in [0.05, 0.1) is 6.04 Å². The molecule has 0 aliphatic heterocycles. The molecule has 208 valence electrons. The SMILES string of the molecule is CCC(C)C(NC(=O)C(N)CCC(=O)O)C(=O)NC(CS)C(=O)NC(Cc1c[nH]c2ccccc12)C(=O)O. The number of amides is 3. The highest BCUT2D eigenvalue weighted by molar-refractivity contribution is 7.80. The van der Waals surface area contributed by atoms with Crippen molar-refractivity contribution in [3.63, 3.8) is 0 Å². The fourth-order valence-electron chi connectivity index (χ4n) is 3.82. The van der Waals surface area contributed by atoms with Gasteiger partial charge in [-0.3, -0.25) is 19.2 Å². The van der Waals surface area contributed by atoms with Crippen LogP contribution in [0.2, 0.25) is 0 Å². The zero-order valence-corrected chi connectivity index (χ0v) is 22.2. The van der Waals surface area contributed by atoms with Crippen molar-refractivity contribution >= 4 is 53.2 Å². The van der Waals surface area contributed by atoms with E-state index in [4.69, 9.17) is 10.8 Å². The first-order chi connectivity index (χ1) is 18.0. The second-order valence-electron chi connectivity index (χ2n) is 9.12. The lowest BCUT2D eigenvalue weighted by molar-refractivity contribution is -0.142. The smallest absolute Gasteiger partial charge is 0.326 e. The molecule has 12 nitrogen and oxygen atoms in total. The summed E-state index contributed by atoms with van der Waals surface area (Å²) in [5.41, 5.74) is 7.30. The van der Waals surface area contributed by atoms with Crippen molar-refractivity contribution in [3.8, 4) is 0 Å². The third-order valence-electron chi connectivity index (χ3n) is 6.33. The molecule has 2 rings (SSSR count). The first kappa shape index (κ1) is 30.6. The number of hydrogen-bond donors (Lipinski definition) is 8. The lowest BCUT2D eigenvalue weighted by Crippen LogP contribution is -2.59. The Balaban J connectivity index is 2.09. The number of carbonyl (C=O) groups excluding carboxylic acids is 3. The highest BCUT2D eigenvalue weighted by Gasteiger charge is 2.32. The Morgan fingerprint density at radius 1 is 1.00 bits per heavy atom. The van der Waals surface area contributed by atoms with Crippen molar-refractivity contribution in [2.24, 2.45) is 11.7 Å². The molecule has 1 aromatic carbocycles. The van der Waals surface area contributed by atoms with Gasteiger partial charge in [-0.1, -0.05) is 38.5 Å². The van der Waals surface area contributed by atoms with Crippen LogP contribution in [-0.4, -0.2) is 74.8 Å². The molecule has 0 radical (unpaired) electrons. The Kier molecular flexibility index (Phi) is 11.6. The van der Waals surface area contributed by atoms with E-state index in [1.807, 2.05) is 31.2 Å². The number of carboxylic acid groups (broad SMARTS) is 2. The van der Waals surface area contributed by atoms with Crippen LogP contribution >= 0.6 is 12.6 Å². The van der Waals surface area contributed by atoms with E-state index < -0.39 is 53.8 Å². The molecule has 0 saturated heterocycles. The van der Waals surface area contributed by atoms with Gasteiger partial charge in [-0.25, -0.2) is 4.79 Å². The highest BCUT2D eigenvalue weighted by atomic mass is 32.1. The molecule has 1 aromatic heterocycles. The van der Waals surface area contributed by atoms with Gasteiger partial charge in [0.15, 0.2) is 0 Å². The number of hydrogen-bond acceptors (Lipinski definition) is 7. The fraction of sp³-hybridized carbons (Fsp3) is 0.480. The van der Waals surface area contributed by atoms with Gasteiger partial charge in [0.2, 0.25) is 17.7 Å². The lowest BCUT2D eigenvalue weighted by atomic mass is 9.97. The molecule has 8 N–H and O–H groups in total. The Hall–Kier alpha value is -3.58. The molecule has 0 fully saturated rings. The van der Waals surface area contributed by atoms with Crippen molar-refractivity contribution in [2.45, 2.75) is 63.7 Å². The summed E-state index contributed by atoms with van der Waals surface area (Å²) in [6.45, 7) is 3.54. The summed E-state index contributed by atoms with van der Waals surface area (Å²) >= 11 is 4.14. The number of para-hydroxylation sites is 1. The van der Waals surface area contributed by atoms with E-state index in [0.717, 1.165) is 10.9 Å². The van der Waals surface area contributed by atoms with Gasteiger partial charge in [0.1, 0.15) is 18.1 Å². The first-order valence-corrected chi connectivity index (χ1v) is 12.9. The standard InChI is InChI=1S/C25H35N5O7S/c1-3-13(2)21(30-22(33)16(26)8-9-20(31)32)24(35)29-19(12-38)23(34)28-18(25(36)37)10-14-11-27-17-7-5-4-6-15(14)17/h4-7,11,13,16,18-19,21,27,38H,3,8-10,12,26H2,1-2H3,(H,28,34)(H,29,35)(H,30,33)(H,31,32)(H,36,37). The van der Waals surface area contributed by atoms with E-state index in [-0.39, 0.29) is 30.9 Å². The third kappa shape index (κ3) is 8.48. The molecule has 0 bridgehead atoms. The maximum atomic E-state index is 13.1. The second kappa shape index (κ2) is 14.4. The molecule has 0 spiro atoms. The van der Waals surface area contributed by atoms with Gasteiger partial charge in [-0.2, -0.15) is 12.6 Å². The number of thiol groups is 1. The quantitative estimate of drug-likeness (QED) is 0.146. The summed E-state index contributed by atoms with van der Waals surface area (Å²) in [5.74, 6) is -4.92. The molecule has 0 aliphatic carbocycles.